The van der Waals surface area contributed by atoms with Crippen molar-refractivity contribution in [1.82, 2.24) is 10.4 Å². The second-order valence-electron chi connectivity index (χ2n) is 11.7. The Balaban J connectivity index is 1.26. The number of unbranched alkanes of at least 4 members (excludes halogenated alkanes) is 1. The lowest BCUT2D eigenvalue weighted by Gasteiger charge is -2.39. The molecule has 2 amide bonds. The summed E-state index contributed by atoms with van der Waals surface area (Å²) >= 11 is 0. The van der Waals surface area contributed by atoms with Gasteiger partial charge in [-0.05, 0) is 65.8 Å². The number of nitrogens with zero attached hydrogens (tertiary/aromatic N) is 1. The fourth-order valence-electron chi connectivity index (χ4n) is 5.99. The summed E-state index contributed by atoms with van der Waals surface area (Å²) in [7, 11) is 3.31. The van der Waals surface area contributed by atoms with Gasteiger partial charge < -0.3 is 29.4 Å². The van der Waals surface area contributed by atoms with Gasteiger partial charge in [-0.3, -0.25) is 19.7 Å². The molecule has 1 fully saturated rings. The van der Waals surface area contributed by atoms with Crippen molar-refractivity contribution < 1.29 is 38.9 Å². The standard InChI is InChI=1S/C35H43N3O8/c1-43-31-17-26-15-16-38(20-27(26)18-32(31)44-2)21-29-19-30(24-9-7-23(22-39)8-10-24)46-35(45-29)25-11-13-28(14-12-25)36-33(40)5-3-4-6-34(41)37-42/h7-14,17-18,29-30,35,39,42H,3-6,15-16,19-22H2,1-2H3,(H,36,40)(H,37,41)/t29-,30+,35+/m1/s1. The molecule has 246 valence electrons. The van der Waals surface area contributed by atoms with Crippen molar-refractivity contribution in [2.75, 3.05) is 32.6 Å². The van der Waals surface area contributed by atoms with E-state index in [1.54, 1.807) is 19.7 Å². The van der Waals surface area contributed by atoms with Crippen LogP contribution in [0.3, 0.4) is 0 Å². The van der Waals surface area contributed by atoms with E-state index >= 15 is 0 Å². The molecule has 3 atom stereocenters. The maximum atomic E-state index is 12.4. The second kappa shape index (κ2) is 16.0. The number of hydroxylamine groups is 1. The normalized spacial score (nSPS) is 19.6. The molecule has 11 heteroatoms. The number of carbonyl (C=O) groups is 2. The van der Waals surface area contributed by atoms with E-state index in [4.69, 9.17) is 24.2 Å². The first-order valence-corrected chi connectivity index (χ1v) is 15.7. The smallest absolute Gasteiger partial charge is 0.243 e. The lowest BCUT2D eigenvalue weighted by Crippen LogP contribution is -2.41. The third-order valence-corrected chi connectivity index (χ3v) is 8.52. The summed E-state index contributed by atoms with van der Waals surface area (Å²) in [6.07, 6.45) is 2.15. The van der Waals surface area contributed by atoms with E-state index in [9.17, 15) is 14.7 Å². The fourth-order valence-corrected chi connectivity index (χ4v) is 5.99. The molecule has 0 aliphatic carbocycles. The van der Waals surface area contributed by atoms with Crippen LogP contribution in [0.2, 0.25) is 0 Å². The lowest BCUT2D eigenvalue weighted by molar-refractivity contribution is -0.253. The van der Waals surface area contributed by atoms with Gasteiger partial charge in [0.1, 0.15) is 0 Å². The molecule has 3 aromatic rings. The number of anilines is 1. The summed E-state index contributed by atoms with van der Waals surface area (Å²) in [5.74, 6) is 0.866. The molecule has 0 spiro atoms. The molecule has 2 aliphatic rings. The van der Waals surface area contributed by atoms with Crippen LogP contribution in [-0.4, -0.2) is 60.4 Å². The predicted molar refractivity (Wildman–Crippen MR) is 170 cm³/mol. The molecular weight excluding hydrogens is 590 g/mol. The predicted octanol–water partition coefficient (Wildman–Crippen LogP) is 4.80. The first-order valence-electron chi connectivity index (χ1n) is 15.7. The number of aliphatic hydroxyl groups excluding tert-OH is 1. The monoisotopic (exact) mass is 633 g/mol. The van der Waals surface area contributed by atoms with Gasteiger partial charge in [0.2, 0.25) is 11.8 Å². The molecule has 11 nitrogen and oxygen atoms in total. The zero-order chi connectivity index (χ0) is 32.5. The van der Waals surface area contributed by atoms with Crippen molar-refractivity contribution in [2.24, 2.45) is 0 Å². The number of rotatable bonds is 13. The molecule has 0 saturated carbocycles. The Morgan fingerprint density at radius 2 is 1.54 bits per heavy atom. The molecule has 5 rings (SSSR count). The van der Waals surface area contributed by atoms with Gasteiger partial charge in [-0.15, -0.1) is 0 Å². The van der Waals surface area contributed by atoms with Crippen LogP contribution in [0, 0.1) is 0 Å². The van der Waals surface area contributed by atoms with E-state index in [0.717, 1.165) is 54.2 Å². The van der Waals surface area contributed by atoms with Gasteiger partial charge in [0.25, 0.3) is 0 Å². The second-order valence-corrected chi connectivity index (χ2v) is 11.7. The molecule has 4 N–H and O–H groups in total. The summed E-state index contributed by atoms with van der Waals surface area (Å²) in [6.45, 7) is 2.39. The average molecular weight is 634 g/mol. The Labute approximate surface area is 269 Å². The van der Waals surface area contributed by atoms with Crippen LogP contribution in [0.4, 0.5) is 5.69 Å². The number of hydrogen-bond acceptors (Lipinski definition) is 9. The topological polar surface area (TPSA) is 139 Å². The van der Waals surface area contributed by atoms with E-state index < -0.39 is 12.2 Å². The average Bonchev–Trinajstić information content (AvgIpc) is 3.09. The van der Waals surface area contributed by atoms with Gasteiger partial charge in [0.15, 0.2) is 17.8 Å². The zero-order valence-corrected chi connectivity index (χ0v) is 26.4. The molecular formula is C35H43N3O8. The zero-order valence-electron chi connectivity index (χ0n) is 26.4. The van der Waals surface area contributed by atoms with Crippen molar-refractivity contribution in [3.8, 4) is 11.5 Å². The van der Waals surface area contributed by atoms with Crippen molar-refractivity contribution >= 4 is 17.5 Å². The molecule has 0 radical (unpaired) electrons. The summed E-state index contributed by atoms with van der Waals surface area (Å²) in [4.78, 5) is 25.9. The SMILES string of the molecule is COc1cc2c(cc1OC)CN(C[C@H]1C[C@@H](c3ccc(CO)cc3)O[C@@H](c3ccc(NC(=O)CCCCC(=O)NO)cc3)O1)CC2. The van der Waals surface area contributed by atoms with Crippen molar-refractivity contribution in [2.45, 2.75) is 70.2 Å². The minimum Gasteiger partial charge on any atom is -0.493 e. The summed E-state index contributed by atoms with van der Waals surface area (Å²) in [5, 5.41) is 21.0. The number of nitrogens with one attached hydrogen (secondary N) is 2. The minimum absolute atomic E-state index is 0.0169. The van der Waals surface area contributed by atoms with Crippen LogP contribution in [0.1, 0.15) is 72.3 Å². The van der Waals surface area contributed by atoms with Crippen LogP contribution in [0.5, 0.6) is 11.5 Å². The van der Waals surface area contributed by atoms with Crippen molar-refractivity contribution in [1.29, 1.82) is 0 Å². The number of benzene rings is 3. The van der Waals surface area contributed by atoms with Gasteiger partial charge in [0, 0.05) is 50.1 Å². The van der Waals surface area contributed by atoms with E-state index in [0.29, 0.717) is 24.9 Å². The van der Waals surface area contributed by atoms with Crippen LogP contribution < -0.4 is 20.3 Å². The molecule has 0 bridgehead atoms. The Morgan fingerprint density at radius 1 is 0.891 bits per heavy atom. The molecule has 46 heavy (non-hydrogen) atoms. The minimum atomic E-state index is -0.606. The highest BCUT2D eigenvalue weighted by atomic mass is 16.7. The number of carbonyl (C=O) groups excluding carboxylic acids is 2. The van der Waals surface area contributed by atoms with E-state index in [-0.39, 0.29) is 37.6 Å². The fraction of sp³-hybridized carbons (Fsp3) is 0.429. The maximum Gasteiger partial charge on any atom is 0.243 e. The van der Waals surface area contributed by atoms with Crippen LogP contribution in [-0.2, 0) is 38.6 Å². The van der Waals surface area contributed by atoms with Gasteiger partial charge in [-0.2, -0.15) is 0 Å². The Bertz CT molecular complexity index is 1460. The van der Waals surface area contributed by atoms with Crippen molar-refractivity contribution in [3.05, 3.63) is 88.5 Å². The molecule has 2 heterocycles. The summed E-state index contributed by atoms with van der Waals surface area (Å²) in [5.41, 5.74) is 7.45. The third-order valence-electron chi connectivity index (χ3n) is 8.52. The quantitative estimate of drug-likeness (QED) is 0.119. The molecule has 0 unspecified atom stereocenters. The highest BCUT2D eigenvalue weighted by Gasteiger charge is 2.34. The Hall–Kier alpha value is -4.00. The van der Waals surface area contributed by atoms with Gasteiger partial charge >= 0.3 is 0 Å². The number of amides is 2. The third kappa shape index (κ3) is 8.62. The molecule has 0 aromatic heterocycles. The highest BCUT2D eigenvalue weighted by molar-refractivity contribution is 5.90. The number of methoxy groups -OCH3 is 2. The van der Waals surface area contributed by atoms with E-state index in [1.807, 2.05) is 48.5 Å². The van der Waals surface area contributed by atoms with Gasteiger partial charge in [-0.1, -0.05) is 36.4 Å². The van der Waals surface area contributed by atoms with Crippen LogP contribution in [0.15, 0.2) is 60.7 Å². The van der Waals surface area contributed by atoms with E-state index in [2.05, 4.69) is 22.3 Å². The largest absolute Gasteiger partial charge is 0.493 e. The Kier molecular flexibility index (Phi) is 11.6. The van der Waals surface area contributed by atoms with Gasteiger partial charge in [-0.25, -0.2) is 5.48 Å². The van der Waals surface area contributed by atoms with Crippen LogP contribution in [0.25, 0.3) is 0 Å². The maximum absolute atomic E-state index is 12.4. The first-order chi connectivity index (χ1) is 22.4. The molecule has 1 saturated heterocycles. The summed E-state index contributed by atoms with van der Waals surface area (Å²) in [6, 6.07) is 19.4. The van der Waals surface area contributed by atoms with Crippen LogP contribution >= 0.6 is 0 Å². The van der Waals surface area contributed by atoms with E-state index in [1.165, 1.54) is 11.1 Å². The highest BCUT2D eigenvalue weighted by Crippen LogP contribution is 2.39. The number of aliphatic hydroxyl groups is 1. The Morgan fingerprint density at radius 3 is 2.20 bits per heavy atom. The number of ether oxygens (including phenoxy) is 4. The number of hydrogen-bond donors (Lipinski definition) is 4. The van der Waals surface area contributed by atoms with Gasteiger partial charge in [0.05, 0.1) is 33.0 Å². The molecule has 3 aromatic carbocycles. The first kappa shape index (κ1) is 33.4. The lowest BCUT2D eigenvalue weighted by atomic mass is 9.97. The number of fused-ring (bicyclic) bond motifs is 1. The summed E-state index contributed by atoms with van der Waals surface area (Å²) < 4.78 is 24.1. The van der Waals surface area contributed by atoms with Crippen molar-refractivity contribution in [3.63, 3.8) is 0 Å². The molecule has 2 aliphatic heterocycles.